The van der Waals surface area contributed by atoms with Crippen LogP contribution in [-0.2, 0) is 4.79 Å². The second-order valence-corrected chi connectivity index (χ2v) is 3.47. The van der Waals surface area contributed by atoms with Crippen LogP contribution in [0.4, 0.5) is 4.79 Å². The van der Waals surface area contributed by atoms with Crippen LogP contribution in [0.25, 0.3) is 0 Å². The highest BCUT2D eigenvalue weighted by Crippen LogP contribution is 2.15. The summed E-state index contributed by atoms with van der Waals surface area (Å²) in [5.74, 6) is 0.227. The molecular weight excluding hydrogens is 180 g/mol. The molecule has 0 bridgehead atoms. The topological polar surface area (TPSA) is 49.4 Å². The number of allylic oxidation sites excluding steroid dienone is 1. The number of urea groups is 1. The van der Waals surface area contributed by atoms with E-state index in [1.807, 2.05) is 19.1 Å². The SMILES string of the molecule is C/C=C/CNC(=O)N1CC(C(C)=O)C1. The molecule has 1 saturated heterocycles. The predicted molar refractivity (Wildman–Crippen MR) is 54.0 cm³/mol. The second kappa shape index (κ2) is 4.79. The molecule has 0 aromatic rings. The van der Waals surface area contributed by atoms with E-state index in [2.05, 4.69) is 5.32 Å². The molecule has 0 spiro atoms. The van der Waals surface area contributed by atoms with Gasteiger partial charge >= 0.3 is 6.03 Å². The van der Waals surface area contributed by atoms with Crippen molar-refractivity contribution in [1.82, 2.24) is 10.2 Å². The number of nitrogens with one attached hydrogen (secondary N) is 1. The molecule has 0 aromatic carbocycles. The number of amides is 2. The zero-order chi connectivity index (χ0) is 10.6. The fraction of sp³-hybridized carbons (Fsp3) is 0.600. The molecule has 0 saturated carbocycles. The lowest BCUT2D eigenvalue weighted by atomic mass is 9.97. The van der Waals surface area contributed by atoms with Crippen LogP contribution in [0, 0.1) is 5.92 Å². The number of ketones is 1. The number of hydrogen-bond acceptors (Lipinski definition) is 2. The summed E-state index contributed by atoms with van der Waals surface area (Å²) in [5.41, 5.74) is 0. The van der Waals surface area contributed by atoms with Crippen LogP contribution in [0.15, 0.2) is 12.2 Å². The van der Waals surface area contributed by atoms with Gasteiger partial charge < -0.3 is 10.2 Å². The second-order valence-electron chi connectivity index (χ2n) is 3.47. The third-order valence-electron chi connectivity index (χ3n) is 2.35. The van der Waals surface area contributed by atoms with E-state index in [1.54, 1.807) is 11.8 Å². The van der Waals surface area contributed by atoms with Crippen LogP contribution in [-0.4, -0.2) is 36.3 Å². The molecule has 1 rings (SSSR count). The highest BCUT2D eigenvalue weighted by Gasteiger charge is 2.33. The van der Waals surface area contributed by atoms with E-state index >= 15 is 0 Å². The molecule has 1 heterocycles. The largest absolute Gasteiger partial charge is 0.335 e. The first-order chi connectivity index (χ1) is 6.65. The van der Waals surface area contributed by atoms with Crippen molar-refractivity contribution in [2.75, 3.05) is 19.6 Å². The summed E-state index contributed by atoms with van der Waals surface area (Å²) in [6.07, 6.45) is 3.76. The Balaban J connectivity index is 2.19. The van der Waals surface area contributed by atoms with Crippen molar-refractivity contribution >= 4 is 11.8 Å². The molecule has 1 aliphatic heterocycles. The van der Waals surface area contributed by atoms with Gasteiger partial charge in [0, 0.05) is 19.6 Å². The molecule has 0 aliphatic carbocycles. The number of likely N-dealkylation sites (tertiary alicyclic amines) is 1. The first-order valence-corrected chi connectivity index (χ1v) is 4.79. The summed E-state index contributed by atoms with van der Waals surface area (Å²) in [7, 11) is 0. The van der Waals surface area contributed by atoms with Crippen molar-refractivity contribution in [3.63, 3.8) is 0 Å². The Morgan fingerprint density at radius 3 is 2.64 bits per heavy atom. The van der Waals surface area contributed by atoms with Crippen LogP contribution >= 0.6 is 0 Å². The highest BCUT2D eigenvalue weighted by atomic mass is 16.2. The third-order valence-corrected chi connectivity index (χ3v) is 2.35. The van der Waals surface area contributed by atoms with Gasteiger partial charge in [0.25, 0.3) is 0 Å². The standard InChI is InChI=1S/C10H16N2O2/c1-3-4-5-11-10(14)12-6-9(7-12)8(2)13/h3-4,9H,5-7H2,1-2H3,(H,11,14)/b4-3+. The van der Waals surface area contributed by atoms with Gasteiger partial charge in [-0.05, 0) is 13.8 Å². The van der Waals surface area contributed by atoms with Gasteiger partial charge in [0.05, 0.1) is 5.92 Å². The quantitative estimate of drug-likeness (QED) is 0.678. The molecular formula is C10H16N2O2. The van der Waals surface area contributed by atoms with E-state index in [0.29, 0.717) is 19.6 Å². The van der Waals surface area contributed by atoms with E-state index in [1.165, 1.54) is 0 Å². The van der Waals surface area contributed by atoms with Crippen molar-refractivity contribution in [3.05, 3.63) is 12.2 Å². The normalized spacial score (nSPS) is 16.9. The number of nitrogens with zero attached hydrogens (tertiary/aromatic N) is 1. The molecule has 1 fully saturated rings. The Morgan fingerprint density at radius 1 is 1.50 bits per heavy atom. The Morgan fingerprint density at radius 2 is 2.14 bits per heavy atom. The van der Waals surface area contributed by atoms with Crippen LogP contribution in [0.1, 0.15) is 13.8 Å². The van der Waals surface area contributed by atoms with Crippen molar-refractivity contribution in [1.29, 1.82) is 0 Å². The van der Waals surface area contributed by atoms with E-state index in [-0.39, 0.29) is 17.7 Å². The van der Waals surface area contributed by atoms with E-state index in [0.717, 1.165) is 0 Å². The summed E-state index contributed by atoms with van der Waals surface area (Å²) in [6, 6.07) is -0.0828. The molecule has 4 nitrogen and oxygen atoms in total. The van der Waals surface area contributed by atoms with Gasteiger partial charge in [-0.2, -0.15) is 0 Å². The number of hydrogen-bond donors (Lipinski definition) is 1. The Hall–Kier alpha value is -1.32. The minimum Gasteiger partial charge on any atom is -0.335 e. The van der Waals surface area contributed by atoms with E-state index in [4.69, 9.17) is 0 Å². The summed E-state index contributed by atoms with van der Waals surface area (Å²) < 4.78 is 0. The van der Waals surface area contributed by atoms with Crippen molar-refractivity contribution < 1.29 is 9.59 Å². The van der Waals surface area contributed by atoms with Gasteiger partial charge in [-0.1, -0.05) is 12.2 Å². The molecule has 0 radical (unpaired) electrons. The summed E-state index contributed by atoms with van der Waals surface area (Å²) in [6.45, 7) is 5.16. The molecule has 78 valence electrons. The van der Waals surface area contributed by atoms with Gasteiger partial charge in [0.2, 0.25) is 0 Å². The van der Waals surface area contributed by atoms with Crippen molar-refractivity contribution in [3.8, 4) is 0 Å². The van der Waals surface area contributed by atoms with Gasteiger partial charge in [0.1, 0.15) is 5.78 Å². The highest BCUT2D eigenvalue weighted by molar-refractivity contribution is 5.83. The lowest BCUT2D eigenvalue weighted by molar-refractivity contribution is -0.124. The van der Waals surface area contributed by atoms with Crippen molar-refractivity contribution in [2.45, 2.75) is 13.8 Å². The predicted octanol–water partition coefficient (Wildman–Crippen LogP) is 0.793. The van der Waals surface area contributed by atoms with Crippen LogP contribution in [0.5, 0.6) is 0 Å². The lowest BCUT2D eigenvalue weighted by Gasteiger charge is -2.37. The van der Waals surface area contributed by atoms with Crippen LogP contribution < -0.4 is 5.32 Å². The molecule has 2 amide bonds. The number of Topliss-reactive ketones (excluding diaryl/α,β-unsaturated/α-hetero) is 1. The zero-order valence-electron chi connectivity index (χ0n) is 8.62. The Bertz CT molecular complexity index is 255. The molecule has 1 aliphatic rings. The summed E-state index contributed by atoms with van der Waals surface area (Å²) in [4.78, 5) is 23.9. The summed E-state index contributed by atoms with van der Waals surface area (Å²) in [5, 5.41) is 2.73. The molecule has 4 heteroatoms. The summed E-state index contributed by atoms with van der Waals surface area (Å²) >= 11 is 0. The lowest BCUT2D eigenvalue weighted by Crippen LogP contribution is -2.55. The fourth-order valence-corrected chi connectivity index (χ4v) is 1.28. The minimum absolute atomic E-state index is 0.0578. The maximum Gasteiger partial charge on any atom is 0.317 e. The number of rotatable bonds is 3. The fourth-order valence-electron chi connectivity index (χ4n) is 1.28. The maximum atomic E-state index is 11.3. The molecule has 0 aromatic heterocycles. The Labute approximate surface area is 84.0 Å². The average Bonchev–Trinajstić information content (AvgIpc) is 2.01. The number of carbonyl (C=O) groups is 2. The van der Waals surface area contributed by atoms with Gasteiger partial charge in [-0.25, -0.2) is 4.79 Å². The first kappa shape index (κ1) is 10.8. The molecule has 0 atom stereocenters. The monoisotopic (exact) mass is 196 g/mol. The average molecular weight is 196 g/mol. The minimum atomic E-state index is -0.0828. The van der Waals surface area contributed by atoms with Gasteiger partial charge in [-0.3, -0.25) is 4.79 Å². The van der Waals surface area contributed by atoms with E-state index < -0.39 is 0 Å². The molecule has 0 unspecified atom stereocenters. The number of carbonyl (C=O) groups excluding carboxylic acids is 2. The van der Waals surface area contributed by atoms with Crippen molar-refractivity contribution in [2.24, 2.45) is 5.92 Å². The Kier molecular flexibility index (Phi) is 3.68. The smallest absolute Gasteiger partial charge is 0.317 e. The zero-order valence-corrected chi connectivity index (χ0v) is 8.62. The van der Waals surface area contributed by atoms with Gasteiger partial charge in [-0.15, -0.1) is 0 Å². The van der Waals surface area contributed by atoms with Crippen LogP contribution in [0.2, 0.25) is 0 Å². The van der Waals surface area contributed by atoms with Gasteiger partial charge in [0.15, 0.2) is 0 Å². The molecule has 1 N–H and O–H groups in total. The van der Waals surface area contributed by atoms with Crippen LogP contribution in [0.3, 0.4) is 0 Å². The maximum absolute atomic E-state index is 11.3. The first-order valence-electron chi connectivity index (χ1n) is 4.79. The molecule has 14 heavy (non-hydrogen) atoms. The third kappa shape index (κ3) is 2.58. The van der Waals surface area contributed by atoms with E-state index in [9.17, 15) is 9.59 Å².